The number of benzene rings is 2. The number of piperazine rings is 1. The zero-order valence-electron chi connectivity index (χ0n) is 17.2. The molecule has 2 aromatic carbocycles. The number of nitrogens with zero attached hydrogens (tertiary/aromatic N) is 2. The van der Waals surface area contributed by atoms with Gasteiger partial charge < -0.3 is 19.9 Å². The molecule has 0 aliphatic carbocycles. The molecule has 0 aromatic heterocycles. The lowest BCUT2D eigenvalue weighted by Gasteiger charge is -2.36. The highest BCUT2D eigenvalue weighted by molar-refractivity contribution is 5.99. The maximum absolute atomic E-state index is 13.0. The summed E-state index contributed by atoms with van der Waals surface area (Å²) in [4.78, 5) is 29.3. The SMILES string of the molecule is CCCCNC(=O)c1cccc(C(=O)N2CCN(c3ccccc3OC)CC2)c1. The van der Waals surface area contributed by atoms with Crippen LogP contribution < -0.4 is 15.0 Å². The first-order chi connectivity index (χ1) is 14.1. The van der Waals surface area contributed by atoms with Gasteiger partial charge in [0.2, 0.25) is 0 Å². The van der Waals surface area contributed by atoms with Crippen LogP contribution in [0.25, 0.3) is 0 Å². The Balaban J connectivity index is 1.62. The van der Waals surface area contributed by atoms with Crippen molar-refractivity contribution in [2.75, 3.05) is 44.7 Å². The number of carbonyl (C=O) groups is 2. The van der Waals surface area contributed by atoms with Crippen LogP contribution in [0.3, 0.4) is 0 Å². The third-order valence-electron chi connectivity index (χ3n) is 5.18. The van der Waals surface area contributed by atoms with Crippen LogP contribution in [0.4, 0.5) is 5.69 Å². The van der Waals surface area contributed by atoms with E-state index in [1.807, 2.05) is 29.2 Å². The number of hydrogen-bond donors (Lipinski definition) is 1. The van der Waals surface area contributed by atoms with Crippen molar-refractivity contribution in [3.63, 3.8) is 0 Å². The van der Waals surface area contributed by atoms with Crippen LogP contribution in [0.1, 0.15) is 40.5 Å². The summed E-state index contributed by atoms with van der Waals surface area (Å²) in [5, 5.41) is 2.90. The van der Waals surface area contributed by atoms with Crippen LogP contribution >= 0.6 is 0 Å². The fraction of sp³-hybridized carbons (Fsp3) is 0.391. The first-order valence-electron chi connectivity index (χ1n) is 10.2. The Morgan fingerprint density at radius 1 is 1.00 bits per heavy atom. The Morgan fingerprint density at radius 2 is 1.72 bits per heavy atom. The topological polar surface area (TPSA) is 61.9 Å². The largest absolute Gasteiger partial charge is 0.495 e. The molecule has 2 aromatic rings. The molecule has 0 atom stereocenters. The van der Waals surface area contributed by atoms with Crippen molar-refractivity contribution in [3.05, 3.63) is 59.7 Å². The molecule has 1 fully saturated rings. The van der Waals surface area contributed by atoms with Crippen LogP contribution in [0.15, 0.2) is 48.5 Å². The quantitative estimate of drug-likeness (QED) is 0.732. The second-order valence-corrected chi connectivity index (χ2v) is 7.14. The molecule has 0 bridgehead atoms. The van der Waals surface area contributed by atoms with Gasteiger partial charge in [0.05, 0.1) is 12.8 Å². The van der Waals surface area contributed by atoms with Gasteiger partial charge in [-0.15, -0.1) is 0 Å². The van der Waals surface area contributed by atoms with E-state index in [1.54, 1.807) is 31.4 Å². The first-order valence-corrected chi connectivity index (χ1v) is 10.2. The molecular weight excluding hydrogens is 366 g/mol. The van der Waals surface area contributed by atoms with E-state index in [-0.39, 0.29) is 11.8 Å². The molecule has 1 saturated heterocycles. The highest BCUT2D eigenvalue weighted by Crippen LogP contribution is 2.28. The Kier molecular flexibility index (Phi) is 7.11. The molecule has 3 rings (SSSR count). The minimum absolute atomic E-state index is 0.0344. The summed E-state index contributed by atoms with van der Waals surface area (Å²) in [5.41, 5.74) is 2.13. The Bertz CT molecular complexity index is 845. The number of rotatable bonds is 7. The molecule has 1 heterocycles. The lowest BCUT2D eigenvalue weighted by Crippen LogP contribution is -2.48. The number of ether oxygens (including phenoxy) is 1. The average Bonchev–Trinajstić information content (AvgIpc) is 2.79. The second kappa shape index (κ2) is 9.96. The van der Waals surface area contributed by atoms with Crippen LogP contribution in [-0.2, 0) is 0 Å². The van der Waals surface area contributed by atoms with Gasteiger partial charge in [-0.3, -0.25) is 9.59 Å². The van der Waals surface area contributed by atoms with Crippen molar-refractivity contribution in [1.82, 2.24) is 10.2 Å². The highest BCUT2D eigenvalue weighted by Gasteiger charge is 2.24. The minimum Gasteiger partial charge on any atom is -0.495 e. The van der Waals surface area contributed by atoms with Gasteiger partial charge in [-0.05, 0) is 36.8 Å². The van der Waals surface area contributed by atoms with E-state index in [9.17, 15) is 9.59 Å². The molecule has 6 heteroatoms. The van der Waals surface area contributed by atoms with Crippen LogP contribution in [0.2, 0.25) is 0 Å². The smallest absolute Gasteiger partial charge is 0.253 e. The first kappa shape index (κ1) is 20.7. The molecule has 1 N–H and O–H groups in total. The number of amides is 2. The number of nitrogens with one attached hydrogen (secondary N) is 1. The standard InChI is InChI=1S/C23H29N3O3/c1-3-4-12-24-22(27)18-8-7-9-19(17-18)23(28)26-15-13-25(14-16-26)20-10-5-6-11-21(20)29-2/h5-11,17H,3-4,12-16H2,1-2H3,(H,24,27). The molecule has 0 radical (unpaired) electrons. The molecule has 0 unspecified atom stereocenters. The van der Waals surface area contributed by atoms with Gasteiger partial charge in [0.25, 0.3) is 11.8 Å². The number of unbranched alkanes of at least 4 members (excludes halogenated alkanes) is 1. The summed E-state index contributed by atoms with van der Waals surface area (Å²) in [5.74, 6) is 0.677. The Morgan fingerprint density at radius 3 is 2.45 bits per heavy atom. The van der Waals surface area contributed by atoms with Gasteiger partial charge in [-0.2, -0.15) is 0 Å². The van der Waals surface area contributed by atoms with Gasteiger partial charge in [-0.1, -0.05) is 31.5 Å². The third kappa shape index (κ3) is 5.08. The number of methoxy groups -OCH3 is 1. The average molecular weight is 396 g/mol. The van der Waals surface area contributed by atoms with Crippen molar-refractivity contribution < 1.29 is 14.3 Å². The number of para-hydroxylation sites is 2. The third-order valence-corrected chi connectivity index (χ3v) is 5.18. The van der Waals surface area contributed by atoms with E-state index >= 15 is 0 Å². The number of hydrogen-bond acceptors (Lipinski definition) is 4. The van der Waals surface area contributed by atoms with E-state index in [4.69, 9.17) is 4.74 Å². The minimum atomic E-state index is -0.130. The van der Waals surface area contributed by atoms with Crippen molar-refractivity contribution in [3.8, 4) is 5.75 Å². The second-order valence-electron chi connectivity index (χ2n) is 7.14. The number of anilines is 1. The van der Waals surface area contributed by atoms with E-state index in [0.29, 0.717) is 30.8 Å². The van der Waals surface area contributed by atoms with Crippen LogP contribution in [0, 0.1) is 0 Å². The fourth-order valence-corrected chi connectivity index (χ4v) is 3.50. The maximum Gasteiger partial charge on any atom is 0.253 e. The van der Waals surface area contributed by atoms with Crippen molar-refractivity contribution in [2.45, 2.75) is 19.8 Å². The zero-order chi connectivity index (χ0) is 20.6. The van der Waals surface area contributed by atoms with Gasteiger partial charge in [0.15, 0.2) is 0 Å². The van der Waals surface area contributed by atoms with Gasteiger partial charge in [-0.25, -0.2) is 0 Å². The van der Waals surface area contributed by atoms with Crippen LogP contribution in [-0.4, -0.2) is 56.5 Å². The molecule has 0 saturated carbocycles. The van der Waals surface area contributed by atoms with Crippen molar-refractivity contribution in [2.24, 2.45) is 0 Å². The summed E-state index contributed by atoms with van der Waals surface area (Å²) in [7, 11) is 1.67. The summed E-state index contributed by atoms with van der Waals surface area (Å²) >= 11 is 0. The van der Waals surface area contributed by atoms with E-state index in [0.717, 1.165) is 37.4 Å². The monoisotopic (exact) mass is 395 g/mol. The molecule has 29 heavy (non-hydrogen) atoms. The van der Waals surface area contributed by atoms with E-state index in [1.165, 1.54) is 0 Å². The molecule has 1 aliphatic heterocycles. The highest BCUT2D eigenvalue weighted by atomic mass is 16.5. The van der Waals surface area contributed by atoms with Crippen LogP contribution in [0.5, 0.6) is 5.75 Å². The lowest BCUT2D eigenvalue weighted by molar-refractivity contribution is 0.0746. The van der Waals surface area contributed by atoms with Gasteiger partial charge in [0, 0.05) is 43.9 Å². The summed E-state index contributed by atoms with van der Waals surface area (Å²) in [6, 6.07) is 14.9. The predicted molar refractivity (Wildman–Crippen MR) is 115 cm³/mol. The molecule has 6 nitrogen and oxygen atoms in total. The molecular formula is C23H29N3O3. The summed E-state index contributed by atoms with van der Waals surface area (Å²) < 4.78 is 5.45. The number of carbonyl (C=O) groups excluding carboxylic acids is 2. The molecule has 1 aliphatic rings. The zero-order valence-corrected chi connectivity index (χ0v) is 17.2. The summed E-state index contributed by atoms with van der Waals surface area (Å²) in [6.07, 6.45) is 1.97. The molecule has 2 amide bonds. The maximum atomic E-state index is 13.0. The van der Waals surface area contributed by atoms with Gasteiger partial charge in [0.1, 0.15) is 5.75 Å². The molecule has 154 valence electrons. The molecule has 0 spiro atoms. The lowest BCUT2D eigenvalue weighted by atomic mass is 10.1. The fourth-order valence-electron chi connectivity index (χ4n) is 3.50. The van der Waals surface area contributed by atoms with Crippen molar-refractivity contribution in [1.29, 1.82) is 0 Å². The normalized spacial score (nSPS) is 13.9. The predicted octanol–water partition coefficient (Wildman–Crippen LogP) is 3.19. The Labute approximate surface area is 172 Å². The van der Waals surface area contributed by atoms with Crippen molar-refractivity contribution >= 4 is 17.5 Å². The van der Waals surface area contributed by atoms with E-state index in [2.05, 4.69) is 17.1 Å². The summed E-state index contributed by atoms with van der Waals surface area (Å²) in [6.45, 7) is 5.47. The van der Waals surface area contributed by atoms with Gasteiger partial charge >= 0.3 is 0 Å². The Hall–Kier alpha value is -3.02. The van der Waals surface area contributed by atoms with E-state index < -0.39 is 0 Å².